The Morgan fingerprint density at radius 1 is 1.22 bits per heavy atom. The van der Waals surface area contributed by atoms with E-state index in [1.165, 1.54) is 36.9 Å². The summed E-state index contributed by atoms with van der Waals surface area (Å²) < 4.78 is 0. The molecule has 1 aliphatic rings. The Morgan fingerprint density at radius 3 is 2.50 bits per heavy atom. The van der Waals surface area contributed by atoms with Crippen molar-refractivity contribution in [3.05, 3.63) is 35.4 Å². The van der Waals surface area contributed by atoms with Crippen molar-refractivity contribution in [3.63, 3.8) is 0 Å². The summed E-state index contributed by atoms with van der Waals surface area (Å²) in [6.45, 7) is 9.19. The maximum Gasteiger partial charge on any atom is 0.0240 e. The lowest BCUT2D eigenvalue weighted by molar-refractivity contribution is 0.272. The average Bonchev–Trinajstić information content (AvgIpc) is 2.79. The van der Waals surface area contributed by atoms with E-state index in [0.717, 1.165) is 19.6 Å². The first-order chi connectivity index (χ1) is 8.79. The highest BCUT2D eigenvalue weighted by Crippen LogP contribution is 2.22. The second-order valence-corrected chi connectivity index (χ2v) is 5.48. The third kappa shape index (κ3) is 3.82. The van der Waals surface area contributed by atoms with Gasteiger partial charge in [0.25, 0.3) is 0 Å². The third-order valence-corrected chi connectivity index (χ3v) is 3.76. The Bertz CT molecular complexity index is 337. The molecule has 0 radical (unpaired) electrons. The van der Waals surface area contributed by atoms with Gasteiger partial charge in [0.15, 0.2) is 0 Å². The number of nitrogens with one attached hydrogen (secondary N) is 1. The van der Waals surface area contributed by atoms with E-state index in [1.807, 2.05) is 0 Å². The summed E-state index contributed by atoms with van der Waals surface area (Å²) in [5, 5.41) is 3.56. The molecular weight excluding hydrogens is 220 g/mol. The van der Waals surface area contributed by atoms with Crippen molar-refractivity contribution in [2.24, 2.45) is 0 Å². The van der Waals surface area contributed by atoms with E-state index < -0.39 is 0 Å². The van der Waals surface area contributed by atoms with E-state index in [9.17, 15) is 0 Å². The van der Waals surface area contributed by atoms with Gasteiger partial charge < -0.3 is 5.32 Å². The summed E-state index contributed by atoms with van der Waals surface area (Å²) in [7, 11) is 0. The van der Waals surface area contributed by atoms with Gasteiger partial charge in [-0.3, -0.25) is 4.90 Å². The van der Waals surface area contributed by atoms with Gasteiger partial charge in [-0.2, -0.15) is 0 Å². The monoisotopic (exact) mass is 246 g/mol. The number of nitrogens with zero attached hydrogens (tertiary/aromatic N) is 1. The van der Waals surface area contributed by atoms with Gasteiger partial charge >= 0.3 is 0 Å². The number of benzene rings is 1. The standard InChI is InChI=1S/C16H26N2/c1-3-10-17-14(2)7-6-11-18-12-15-8-4-5-9-16(15)13-18/h4-5,8-9,14,17H,3,6-7,10-13H2,1-2H3. The van der Waals surface area contributed by atoms with Gasteiger partial charge in [-0.05, 0) is 50.4 Å². The van der Waals surface area contributed by atoms with Crippen molar-refractivity contribution in [2.75, 3.05) is 13.1 Å². The second-order valence-electron chi connectivity index (χ2n) is 5.48. The normalized spacial score (nSPS) is 16.8. The molecule has 0 aliphatic carbocycles. The topological polar surface area (TPSA) is 15.3 Å². The van der Waals surface area contributed by atoms with Gasteiger partial charge in [0.05, 0.1) is 0 Å². The van der Waals surface area contributed by atoms with Crippen molar-refractivity contribution in [1.82, 2.24) is 10.2 Å². The first kappa shape index (κ1) is 13.6. The molecule has 0 bridgehead atoms. The minimum atomic E-state index is 0.662. The lowest BCUT2D eigenvalue weighted by Gasteiger charge is -2.17. The Hall–Kier alpha value is -0.860. The van der Waals surface area contributed by atoms with E-state index in [2.05, 4.69) is 48.3 Å². The molecule has 0 aromatic heterocycles. The summed E-state index contributed by atoms with van der Waals surface area (Å²) in [4.78, 5) is 2.57. The molecule has 0 saturated carbocycles. The number of hydrogen-bond donors (Lipinski definition) is 1. The second kappa shape index (κ2) is 6.91. The highest BCUT2D eigenvalue weighted by atomic mass is 15.1. The van der Waals surface area contributed by atoms with Crippen LogP contribution in [0.25, 0.3) is 0 Å². The van der Waals surface area contributed by atoms with Crippen molar-refractivity contribution >= 4 is 0 Å². The molecule has 2 heteroatoms. The van der Waals surface area contributed by atoms with Gasteiger partial charge in [-0.1, -0.05) is 31.2 Å². The quantitative estimate of drug-likeness (QED) is 0.795. The van der Waals surface area contributed by atoms with Crippen LogP contribution in [-0.4, -0.2) is 24.0 Å². The van der Waals surface area contributed by atoms with Crippen LogP contribution in [-0.2, 0) is 13.1 Å². The molecule has 1 N–H and O–H groups in total. The Labute approximate surface area is 111 Å². The predicted molar refractivity (Wildman–Crippen MR) is 77.5 cm³/mol. The van der Waals surface area contributed by atoms with Gasteiger partial charge in [-0.15, -0.1) is 0 Å². The number of hydrogen-bond acceptors (Lipinski definition) is 2. The average molecular weight is 246 g/mol. The SMILES string of the molecule is CCCNC(C)CCCN1Cc2ccccc2C1. The van der Waals surface area contributed by atoms with Crippen LogP contribution >= 0.6 is 0 Å². The van der Waals surface area contributed by atoms with Crippen LogP contribution in [0, 0.1) is 0 Å². The van der Waals surface area contributed by atoms with E-state index >= 15 is 0 Å². The van der Waals surface area contributed by atoms with Gasteiger partial charge in [0.1, 0.15) is 0 Å². The molecule has 0 amide bonds. The molecule has 1 unspecified atom stereocenters. The van der Waals surface area contributed by atoms with Crippen LogP contribution in [0.2, 0.25) is 0 Å². The lowest BCUT2D eigenvalue weighted by Crippen LogP contribution is -2.28. The van der Waals surface area contributed by atoms with Gasteiger partial charge in [-0.25, -0.2) is 0 Å². The van der Waals surface area contributed by atoms with Crippen molar-refractivity contribution in [2.45, 2.75) is 52.2 Å². The van der Waals surface area contributed by atoms with Crippen LogP contribution < -0.4 is 5.32 Å². The fourth-order valence-corrected chi connectivity index (χ4v) is 2.68. The van der Waals surface area contributed by atoms with Crippen LogP contribution in [0.15, 0.2) is 24.3 Å². The molecule has 1 atom stereocenters. The van der Waals surface area contributed by atoms with E-state index in [4.69, 9.17) is 0 Å². The maximum atomic E-state index is 3.56. The van der Waals surface area contributed by atoms with Crippen LogP contribution in [0.5, 0.6) is 0 Å². The molecule has 1 heterocycles. The maximum absolute atomic E-state index is 3.56. The highest BCUT2D eigenvalue weighted by molar-refractivity contribution is 5.30. The summed E-state index contributed by atoms with van der Waals surface area (Å²) in [6.07, 6.45) is 3.81. The minimum Gasteiger partial charge on any atom is -0.314 e. The molecule has 2 nitrogen and oxygen atoms in total. The first-order valence-corrected chi connectivity index (χ1v) is 7.32. The van der Waals surface area contributed by atoms with Gasteiger partial charge in [0.2, 0.25) is 0 Å². The van der Waals surface area contributed by atoms with Gasteiger partial charge in [0, 0.05) is 19.1 Å². The van der Waals surface area contributed by atoms with Crippen LogP contribution in [0.4, 0.5) is 0 Å². The molecular formula is C16H26N2. The summed E-state index contributed by atoms with van der Waals surface area (Å²) in [5.74, 6) is 0. The number of fused-ring (bicyclic) bond motifs is 1. The van der Waals surface area contributed by atoms with Crippen molar-refractivity contribution in [3.8, 4) is 0 Å². The largest absolute Gasteiger partial charge is 0.314 e. The zero-order valence-corrected chi connectivity index (χ0v) is 11.8. The molecule has 1 aromatic rings. The van der Waals surface area contributed by atoms with E-state index in [0.29, 0.717) is 6.04 Å². The molecule has 2 rings (SSSR count). The fourth-order valence-electron chi connectivity index (χ4n) is 2.68. The molecule has 0 spiro atoms. The summed E-state index contributed by atoms with van der Waals surface area (Å²) in [6, 6.07) is 9.49. The molecule has 0 saturated heterocycles. The molecule has 0 fully saturated rings. The minimum absolute atomic E-state index is 0.662. The molecule has 100 valence electrons. The highest BCUT2D eigenvalue weighted by Gasteiger charge is 2.17. The third-order valence-electron chi connectivity index (χ3n) is 3.76. The Balaban J connectivity index is 1.65. The Kier molecular flexibility index (Phi) is 5.21. The lowest BCUT2D eigenvalue weighted by atomic mass is 10.1. The predicted octanol–water partition coefficient (Wildman–Crippen LogP) is 3.17. The molecule has 1 aliphatic heterocycles. The van der Waals surface area contributed by atoms with E-state index in [1.54, 1.807) is 0 Å². The van der Waals surface area contributed by atoms with Crippen LogP contribution in [0.1, 0.15) is 44.2 Å². The summed E-state index contributed by atoms with van der Waals surface area (Å²) in [5.41, 5.74) is 3.05. The smallest absolute Gasteiger partial charge is 0.0240 e. The molecule has 18 heavy (non-hydrogen) atoms. The van der Waals surface area contributed by atoms with Crippen molar-refractivity contribution in [1.29, 1.82) is 0 Å². The fraction of sp³-hybridized carbons (Fsp3) is 0.625. The first-order valence-electron chi connectivity index (χ1n) is 7.32. The van der Waals surface area contributed by atoms with Crippen LogP contribution in [0.3, 0.4) is 0 Å². The molecule has 1 aromatic carbocycles. The summed E-state index contributed by atoms with van der Waals surface area (Å²) >= 11 is 0. The zero-order chi connectivity index (χ0) is 12.8. The Morgan fingerprint density at radius 2 is 1.89 bits per heavy atom. The van der Waals surface area contributed by atoms with Crippen molar-refractivity contribution < 1.29 is 0 Å². The number of rotatable bonds is 7. The van der Waals surface area contributed by atoms with E-state index in [-0.39, 0.29) is 0 Å². The zero-order valence-electron chi connectivity index (χ0n) is 11.8.